The topological polar surface area (TPSA) is 67.6 Å². The first-order chi connectivity index (χ1) is 31.0. The Balaban J connectivity index is 0.000000383. The standard InChI is InChI=1S/C48H42N3O.C11H8N.Ir/c1-29(2)39-25-35(33-19-17-32(18-20-33)31-13-9-8-10-14-31)26-40(30(3)4)45(39)51-42-16-12-11-15-41(42)50-47(51)38-23-21-34(28-49)44-37-24-22-36(48(5,6)7)27-43(37)52-46(38)44;1-2-6-10(7-3-1)11-8-4-5-9-12-11;/h8-22,24-27,29-30H,1-7H3;1-6,8-9H;/q2*-1;. The van der Waals surface area contributed by atoms with Gasteiger partial charge in [0.25, 0.3) is 0 Å². The van der Waals surface area contributed by atoms with Crippen LogP contribution in [0.1, 0.15) is 82.6 Å². The Hall–Kier alpha value is -6.90. The Morgan fingerprint density at radius 3 is 1.95 bits per heavy atom. The van der Waals surface area contributed by atoms with Crippen LogP contribution < -0.4 is 0 Å². The molecule has 7 aromatic carbocycles. The third kappa shape index (κ3) is 8.83. The van der Waals surface area contributed by atoms with Crippen LogP contribution in [0.5, 0.6) is 0 Å². The Kier molecular flexibility index (Phi) is 12.8. The van der Waals surface area contributed by atoms with Crippen molar-refractivity contribution in [1.29, 1.82) is 5.26 Å². The second kappa shape index (κ2) is 18.7. The molecule has 65 heavy (non-hydrogen) atoms. The fraction of sp³-hybridized carbons (Fsp3) is 0.169. The maximum Gasteiger partial charge on any atom is 0.121 e. The van der Waals surface area contributed by atoms with Crippen LogP contribution in [0.2, 0.25) is 0 Å². The molecule has 3 heterocycles. The normalized spacial score (nSPS) is 11.4. The minimum absolute atomic E-state index is 0. The van der Waals surface area contributed by atoms with Crippen LogP contribution in [0.15, 0.2) is 168 Å². The molecule has 0 amide bonds. The number of hydrogen-bond acceptors (Lipinski definition) is 4. The molecular weight excluding hydrogens is 973 g/mol. The van der Waals surface area contributed by atoms with E-state index in [4.69, 9.17) is 9.40 Å². The molecule has 0 saturated heterocycles. The number of imidazole rings is 1. The number of benzene rings is 7. The van der Waals surface area contributed by atoms with Gasteiger partial charge in [0.2, 0.25) is 0 Å². The van der Waals surface area contributed by atoms with Gasteiger partial charge in [-0.3, -0.25) is 4.98 Å². The molecule has 0 atom stereocenters. The number of pyridine rings is 1. The molecule has 0 bridgehead atoms. The summed E-state index contributed by atoms with van der Waals surface area (Å²) in [7, 11) is 0. The first-order valence-corrected chi connectivity index (χ1v) is 22.0. The van der Waals surface area contributed by atoms with Crippen molar-refractivity contribution >= 4 is 33.0 Å². The molecule has 0 aliphatic rings. The minimum Gasteiger partial charge on any atom is -0.500 e. The maximum atomic E-state index is 10.3. The first-order valence-electron chi connectivity index (χ1n) is 22.0. The van der Waals surface area contributed by atoms with E-state index in [1.54, 1.807) is 12.3 Å². The largest absolute Gasteiger partial charge is 0.500 e. The van der Waals surface area contributed by atoms with Gasteiger partial charge in [0, 0.05) is 43.4 Å². The quantitative estimate of drug-likeness (QED) is 0.149. The van der Waals surface area contributed by atoms with Gasteiger partial charge in [-0.15, -0.1) is 48.0 Å². The molecule has 0 aliphatic heterocycles. The molecule has 10 aromatic rings. The Morgan fingerprint density at radius 1 is 0.677 bits per heavy atom. The SMILES string of the molecule is CC(C)c1cc(-c2ccc(-c3ccccc3)cc2)cc(C(C)C)c1-n1c(-c2[c-]cc(C#N)c3c2oc2cc(C(C)(C)C)ccc23)nc2ccccc21.[Ir].[c-]1ccccc1-c1ccccn1. The van der Waals surface area contributed by atoms with E-state index < -0.39 is 0 Å². The number of fused-ring (bicyclic) bond motifs is 4. The molecule has 0 spiro atoms. The van der Waals surface area contributed by atoms with Crippen molar-refractivity contribution in [1.82, 2.24) is 14.5 Å². The van der Waals surface area contributed by atoms with Crippen molar-refractivity contribution < 1.29 is 24.5 Å². The van der Waals surface area contributed by atoms with Crippen LogP contribution in [-0.2, 0) is 25.5 Å². The van der Waals surface area contributed by atoms with Gasteiger partial charge >= 0.3 is 0 Å². The van der Waals surface area contributed by atoms with E-state index in [9.17, 15) is 5.26 Å². The summed E-state index contributed by atoms with van der Waals surface area (Å²) in [5, 5.41) is 12.0. The van der Waals surface area contributed by atoms with E-state index in [1.807, 2.05) is 48.5 Å². The van der Waals surface area contributed by atoms with Crippen LogP contribution in [-0.4, -0.2) is 14.5 Å². The second-order valence-corrected chi connectivity index (χ2v) is 18.0. The first kappa shape index (κ1) is 44.7. The van der Waals surface area contributed by atoms with Crippen molar-refractivity contribution in [3.05, 3.63) is 198 Å². The molecular formula is C59H50IrN4O-2. The van der Waals surface area contributed by atoms with Crippen LogP contribution >= 0.6 is 0 Å². The van der Waals surface area contributed by atoms with Gasteiger partial charge in [-0.2, -0.15) is 0 Å². The van der Waals surface area contributed by atoms with Crippen LogP contribution in [0, 0.1) is 23.5 Å². The summed E-state index contributed by atoms with van der Waals surface area (Å²) in [5.74, 6) is 1.18. The zero-order valence-electron chi connectivity index (χ0n) is 37.8. The van der Waals surface area contributed by atoms with Crippen LogP contribution in [0.25, 0.3) is 83.6 Å². The zero-order valence-corrected chi connectivity index (χ0v) is 40.2. The number of aromatic nitrogens is 3. The van der Waals surface area contributed by atoms with Gasteiger partial charge in [0.1, 0.15) is 5.58 Å². The van der Waals surface area contributed by atoms with Crippen molar-refractivity contribution in [2.24, 2.45) is 0 Å². The molecule has 0 saturated carbocycles. The Labute approximate surface area is 395 Å². The summed E-state index contributed by atoms with van der Waals surface area (Å²) in [5.41, 5.74) is 16.1. The van der Waals surface area contributed by atoms with E-state index >= 15 is 0 Å². The van der Waals surface area contributed by atoms with Crippen molar-refractivity contribution in [2.75, 3.05) is 0 Å². The Bertz CT molecular complexity index is 3230. The van der Waals surface area contributed by atoms with Crippen molar-refractivity contribution in [2.45, 2.75) is 65.7 Å². The summed E-state index contributed by atoms with van der Waals surface area (Å²) in [4.78, 5) is 9.52. The molecule has 323 valence electrons. The average Bonchev–Trinajstić information content (AvgIpc) is 3.91. The summed E-state index contributed by atoms with van der Waals surface area (Å²) < 4.78 is 9.05. The predicted octanol–water partition coefficient (Wildman–Crippen LogP) is 15.7. The van der Waals surface area contributed by atoms with Gasteiger partial charge in [-0.05, 0) is 109 Å². The van der Waals surface area contributed by atoms with Gasteiger partial charge in [-0.1, -0.05) is 145 Å². The van der Waals surface area contributed by atoms with E-state index in [0.29, 0.717) is 11.1 Å². The smallest absolute Gasteiger partial charge is 0.121 e. The molecule has 0 aliphatic carbocycles. The number of nitriles is 1. The zero-order chi connectivity index (χ0) is 44.5. The van der Waals surface area contributed by atoms with Crippen molar-refractivity contribution in [3.63, 3.8) is 0 Å². The van der Waals surface area contributed by atoms with Crippen molar-refractivity contribution in [3.8, 4) is 56.7 Å². The molecule has 10 rings (SSSR count). The monoisotopic (exact) mass is 1020 g/mol. The van der Waals surface area contributed by atoms with Crippen LogP contribution in [0.3, 0.4) is 0 Å². The van der Waals surface area contributed by atoms with E-state index in [0.717, 1.165) is 55.7 Å². The molecule has 0 N–H and O–H groups in total. The van der Waals surface area contributed by atoms with E-state index in [2.05, 4.69) is 179 Å². The molecule has 1 radical (unpaired) electrons. The number of rotatable bonds is 7. The third-order valence-corrected chi connectivity index (χ3v) is 11.9. The van der Waals surface area contributed by atoms with Gasteiger partial charge < -0.3 is 14.0 Å². The molecule has 0 unspecified atom stereocenters. The van der Waals surface area contributed by atoms with Gasteiger partial charge in [-0.25, -0.2) is 5.26 Å². The summed E-state index contributed by atoms with van der Waals surface area (Å²) >= 11 is 0. The van der Waals surface area contributed by atoms with Crippen LogP contribution in [0.4, 0.5) is 0 Å². The molecule has 6 heteroatoms. The fourth-order valence-electron chi connectivity index (χ4n) is 8.51. The second-order valence-electron chi connectivity index (χ2n) is 18.0. The number of para-hydroxylation sites is 2. The number of furan rings is 1. The molecule has 5 nitrogen and oxygen atoms in total. The Morgan fingerprint density at radius 2 is 1.32 bits per heavy atom. The number of nitrogens with zero attached hydrogens (tertiary/aromatic N) is 4. The van der Waals surface area contributed by atoms with E-state index in [-0.39, 0.29) is 37.4 Å². The summed E-state index contributed by atoms with van der Waals surface area (Å²) in [6.45, 7) is 15.7. The predicted molar refractivity (Wildman–Crippen MR) is 264 cm³/mol. The number of hydrogen-bond donors (Lipinski definition) is 0. The van der Waals surface area contributed by atoms with Gasteiger partial charge in [0.15, 0.2) is 0 Å². The maximum absolute atomic E-state index is 10.3. The summed E-state index contributed by atoms with van der Waals surface area (Å²) in [6.07, 6.45) is 1.79. The third-order valence-electron chi connectivity index (χ3n) is 11.9. The summed E-state index contributed by atoms with van der Waals surface area (Å²) in [6, 6.07) is 63.3. The molecule has 0 fully saturated rings. The van der Waals surface area contributed by atoms with Gasteiger partial charge in [0.05, 0.1) is 22.4 Å². The average molecular weight is 1020 g/mol. The fourth-order valence-corrected chi connectivity index (χ4v) is 8.51. The molecule has 3 aromatic heterocycles. The van der Waals surface area contributed by atoms with E-state index in [1.165, 1.54) is 38.9 Å². The minimum atomic E-state index is -0.0508.